The molecule has 3 aromatic rings. The minimum absolute atomic E-state index is 0.0413. The van der Waals surface area contributed by atoms with E-state index >= 15 is 0 Å². The molecule has 8 nitrogen and oxygen atoms in total. The highest BCUT2D eigenvalue weighted by molar-refractivity contribution is 7.92. The monoisotopic (exact) mass is 427 g/mol. The second-order valence-electron chi connectivity index (χ2n) is 6.44. The fourth-order valence-corrected chi connectivity index (χ4v) is 4.06. The standard InChI is InChI=1S/C21H21N3O5S/c1-3-29-19-8-6-17(7-9-19)23-30(27,28)20-14-18(5-4-15(20)2)22-21(25)16-10-12-24(26)13-11-16/h4-14,23H,3H2,1-2H3,(H,22,25). The van der Waals surface area contributed by atoms with Crippen LogP contribution in [-0.2, 0) is 10.0 Å². The van der Waals surface area contributed by atoms with Crippen LogP contribution in [0, 0.1) is 12.1 Å². The van der Waals surface area contributed by atoms with E-state index in [0.29, 0.717) is 34.0 Å². The molecule has 0 saturated heterocycles. The zero-order valence-electron chi connectivity index (χ0n) is 16.5. The zero-order chi connectivity index (χ0) is 21.7. The number of amides is 1. The van der Waals surface area contributed by atoms with Gasteiger partial charge in [0.1, 0.15) is 5.75 Å². The molecule has 0 aliphatic rings. The number of rotatable bonds is 7. The van der Waals surface area contributed by atoms with Crippen molar-refractivity contribution >= 4 is 27.3 Å². The van der Waals surface area contributed by atoms with Gasteiger partial charge in [0.15, 0.2) is 12.4 Å². The molecule has 1 amide bonds. The van der Waals surface area contributed by atoms with Crippen molar-refractivity contribution in [3.8, 4) is 5.75 Å². The number of aryl methyl sites for hydroxylation is 1. The number of carbonyl (C=O) groups excluding carboxylic acids is 1. The van der Waals surface area contributed by atoms with Gasteiger partial charge in [-0.05, 0) is 55.8 Å². The third-order valence-corrected chi connectivity index (χ3v) is 5.74. The van der Waals surface area contributed by atoms with Gasteiger partial charge in [-0.2, -0.15) is 4.73 Å². The molecule has 0 aliphatic carbocycles. The highest BCUT2D eigenvalue weighted by Gasteiger charge is 2.19. The van der Waals surface area contributed by atoms with Crippen molar-refractivity contribution in [3.63, 3.8) is 0 Å². The van der Waals surface area contributed by atoms with Crippen LogP contribution in [0.2, 0.25) is 0 Å². The Morgan fingerprint density at radius 3 is 2.30 bits per heavy atom. The van der Waals surface area contributed by atoms with Gasteiger partial charge in [0.25, 0.3) is 15.9 Å². The number of ether oxygens (including phenoxy) is 1. The van der Waals surface area contributed by atoms with Crippen LogP contribution in [-0.4, -0.2) is 20.9 Å². The van der Waals surface area contributed by atoms with E-state index in [2.05, 4.69) is 10.0 Å². The summed E-state index contributed by atoms with van der Waals surface area (Å²) >= 11 is 0. The number of sulfonamides is 1. The van der Waals surface area contributed by atoms with Crippen molar-refractivity contribution in [2.24, 2.45) is 0 Å². The van der Waals surface area contributed by atoms with Crippen LogP contribution in [0.25, 0.3) is 0 Å². The average molecular weight is 427 g/mol. The van der Waals surface area contributed by atoms with Crippen LogP contribution in [0.1, 0.15) is 22.8 Å². The molecule has 1 heterocycles. The highest BCUT2D eigenvalue weighted by Crippen LogP contribution is 2.24. The van der Waals surface area contributed by atoms with E-state index in [9.17, 15) is 18.4 Å². The lowest BCUT2D eigenvalue weighted by molar-refractivity contribution is -0.605. The fourth-order valence-electron chi connectivity index (χ4n) is 2.73. The Morgan fingerprint density at radius 2 is 1.67 bits per heavy atom. The van der Waals surface area contributed by atoms with E-state index < -0.39 is 15.9 Å². The first-order chi connectivity index (χ1) is 14.3. The maximum atomic E-state index is 12.9. The molecule has 156 valence electrons. The molecular formula is C21H21N3O5S. The summed E-state index contributed by atoms with van der Waals surface area (Å²) in [4.78, 5) is 12.4. The van der Waals surface area contributed by atoms with E-state index in [1.54, 1.807) is 43.3 Å². The number of hydrogen-bond acceptors (Lipinski definition) is 5. The van der Waals surface area contributed by atoms with E-state index in [1.165, 1.54) is 30.6 Å². The van der Waals surface area contributed by atoms with Gasteiger partial charge in [0.2, 0.25) is 0 Å². The second kappa shape index (κ2) is 8.83. The van der Waals surface area contributed by atoms with Gasteiger partial charge in [0, 0.05) is 23.5 Å². The number of nitrogens with zero attached hydrogens (tertiary/aromatic N) is 1. The summed E-state index contributed by atoms with van der Waals surface area (Å²) in [5.74, 6) is 0.187. The first-order valence-corrected chi connectivity index (χ1v) is 10.6. The lowest BCUT2D eigenvalue weighted by atomic mass is 10.2. The quantitative estimate of drug-likeness (QED) is 0.445. The largest absolute Gasteiger partial charge is 0.619 e. The molecule has 30 heavy (non-hydrogen) atoms. The normalized spacial score (nSPS) is 11.0. The van der Waals surface area contributed by atoms with Crippen LogP contribution in [0.3, 0.4) is 0 Å². The Hall–Kier alpha value is -3.59. The fraction of sp³-hybridized carbons (Fsp3) is 0.143. The first kappa shape index (κ1) is 21.1. The number of benzene rings is 2. The molecule has 0 fully saturated rings. The van der Waals surface area contributed by atoms with Crippen molar-refractivity contribution in [3.05, 3.63) is 83.3 Å². The van der Waals surface area contributed by atoms with Crippen molar-refractivity contribution < 1.29 is 22.7 Å². The molecule has 1 aromatic heterocycles. The molecule has 9 heteroatoms. The molecule has 0 aliphatic heterocycles. The van der Waals surface area contributed by atoms with E-state index in [-0.39, 0.29) is 10.5 Å². The lowest BCUT2D eigenvalue weighted by Crippen LogP contribution is -2.25. The zero-order valence-corrected chi connectivity index (χ0v) is 17.3. The van der Waals surface area contributed by atoms with Gasteiger partial charge >= 0.3 is 0 Å². The van der Waals surface area contributed by atoms with Crippen molar-refractivity contribution in [1.82, 2.24) is 0 Å². The molecule has 0 saturated carbocycles. The number of anilines is 2. The molecular weight excluding hydrogens is 406 g/mol. The smallest absolute Gasteiger partial charge is 0.262 e. The SMILES string of the molecule is CCOc1ccc(NS(=O)(=O)c2cc(NC(=O)c3cc[n+]([O-])cc3)ccc2C)cc1. The van der Waals surface area contributed by atoms with Crippen LogP contribution < -0.4 is 19.5 Å². The first-order valence-electron chi connectivity index (χ1n) is 9.15. The Morgan fingerprint density at radius 1 is 1.03 bits per heavy atom. The number of carbonyl (C=O) groups is 1. The molecule has 0 atom stereocenters. The van der Waals surface area contributed by atoms with Crippen molar-refractivity contribution in [1.29, 1.82) is 0 Å². The number of nitrogens with one attached hydrogen (secondary N) is 2. The summed E-state index contributed by atoms with van der Waals surface area (Å²) in [7, 11) is -3.88. The van der Waals surface area contributed by atoms with Gasteiger partial charge in [-0.15, -0.1) is 0 Å². The number of aromatic nitrogens is 1. The molecule has 2 N–H and O–H groups in total. The molecule has 0 unspecified atom stereocenters. The maximum absolute atomic E-state index is 12.9. The topological polar surface area (TPSA) is 111 Å². The third-order valence-electron chi connectivity index (χ3n) is 4.22. The predicted octanol–water partition coefficient (Wildman–Crippen LogP) is 3.08. The van der Waals surface area contributed by atoms with Gasteiger partial charge in [-0.25, -0.2) is 8.42 Å². The Kier molecular flexibility index (Phi) is 6.22. The average Bonchev–Trinajstić information content (AvgIpc) is 2.71. The molecule has 0 spiro atoms. The predicted molar refractivity (Wildman–Crippen MR) is 113 cm³/mol. The van der Waals surface area contributed by atoms with Crippen molar-refractivity contribution in [2.45, 2.75) is 18.7 Å². The summed E-state index contributed by atoms with van der Waals surface area (Å²) in [6.07, 6.45) is 2.42. The second-order valence-corrected chi connectivity index (χ2v) is 8.09. The summed E-state index contributed by atoms with van der Waals surface area (Å²) in [5.41, 5.74) is 1.51. The van der Waals surface area contributed by atoms with Gasteiger partial charge in [0.05, 0.1) is 17.1 Å². The Labute approximate surface area is 174 Å². The molecule has 0 radical (unpaired) electrons. The van der Waals surface area contributed by atoms with Crippen LogP contribution in [0.5, 0.6) is 5.75 Å². The van der Waals surface area contributed by atoms with Gasteiger partial charge in [-0.3, -0.25) is 9.52 Å². The van der Waals surface area contributed by atoms with Gasteiger partial charge < -0.3 is 15.3 Å². The Bertz CT molecular complexity index is 1140. The summed E-state index contributed by atoms with van der Waals surface area (Å²) in [6.45, 7) is 4.05. The minimum Gasteiger partial charge on any atom is -0.619 e. The van der Waals surface area contributed by atoms with Crippen LogP contribution in [0.15, 0.2) is 71.9 Å². The molecule has 0 bridgehead atoms. The molecule has 2 aromatic carbocycles. The third kappa shape index (κ3) is 5.06. The highest BCUT2D eigenvalue weighted by atomic mass is 32.2. The van der Waals surface area contributed by atoms with E-state index in [1.807, 2.05) is 6.92 Å². The Balaban J connectivity index is 1.81. The number of hydrogen-bond donors (Lipinski definition) is 2. The summed E-state index contributed by atoms with van der Waals surface area (Å²) < 4.78 is 34.2. The van der Waals surface area contributed by atoms with Crippen LogP contribution >= 0.6 is 0 Å². The molecule has 3 rings (SSSR count). The summed E-state index contributed by atoms with van der Waals surface area (Å²) in [6, 6.07) is 13.9. The van der Waals surface area contributed by atoms with E-state index in [4.69, 9.17) is 4.74 Å². The van der Waals surface area contributed by atoms with Gasteiger partial charge in [-0.1, -0.05) is 6.07 Å². The van der Waals surface area contributed by atoms with E-state index in [0.717, 1.165) is 0 Å². The summed E-state index contributed by atoms with van der Waals surface area (Å²) in [5, 5.41) is 13.7. The van der Waals surface area contributed by atoms with Crippen molar-refractivity contribution in [2.75, 3.05) is 16.6 Å². The lowest BCUT2D eigenvalue weighted by Gasteiger charge is -2.13. The number of pyridine rings is 1. The minimum atomic E-state index is -3.88. The van der Waals surface area contributed by atoms with Crippen LogP contribution in [0.4, 0.5) is 11.4 Å². The maximum Gasteiger partial charge on any atom is 0.262 e.